The highest BCUT2D eigenvalue weighted by molar-refractivity contribution is 5.24. The standard InChI is InChI=1S/C15H18N2O3/c1-3-14(12-6-4-11(2)5-7-12)16-10-13-8-9-15(20-13)17(18)19/h4-9,14,16H,3,10H2,1-2H3. The Balaban J connectivity index is 1.99. The Bertz CT molecular complexity index is 575. The van der Waals surface area contributed by atoms with Crippen molar-refractivity contribution in [3.05, 3.63) is 63.4 Å². The minimum absolute atomic E-state index is 0.208. The van der Waals surface area contributed by atoms with Gasteiger partial charge in [-0.15, -0.1) is 0 Å². The van der Waals surface area contributed by atoms with Crippen molar-refractivity contribution in [3.63, 3.8) is 0 Å². The van der Waals surface area contributed by atoms with Gasteiger partial charge in [0, 0.05) is 6.04 Å². The van der Waals surface area contributed by atoms with E-state index < -0.39 is 4.92 Å². The normalized spacial score (nSPS) is 12.3. The van der Waals surface area contributed by atoms with Gasteiger partial charge in [-0.25, -0.2) is 0 Å². The lowest BCUT2D eigenvalue weighted by Gasteiger charge is -2.16. The van der Waals surface area contributed by atoms with Crippen molar-refractivity contribution >= 4 is 5.88 Å². The Labute approximate surface area is 117 Å². The zero-order valence-corrected chi connectivity index (χ0v) is 11.6. The highest BCUT2D eigenvalue weighted by Crippen LogP contribution is 2.20. The SMILES string of the molecule is CCC(NCc1ccc([N+](=O)[O-])o1)c1ccc(C)cc1. The fraction of sp³-hybridized carbons (Fsp3) is 0.333. The fourth-order valence-corrected chi connectivity index (χ4v) is 2.08. The number of hydrogen-bond acceptors (Lipinski definition) is 4. The molecule has 1 aromatic heterocycles. The van der Waals surface area contributed by atoms with Gasteiger partial charge in [-0.1, -0.05) is 36.8 Å². The molecule has 5 heteroatoms. The van der Waals surface area contributed by atoms with Crippen LogP contribution in [0.1, 0.15) is 36.3 Å². The van der Waals surface area contributed by atoms with E-state index in [1.165, 1.54) is 17.2 Å². The second-order valence-corrected chi connectivity index (χ2v) is 4.75. The Hall–Kier alpha value is -2.14. The van der Waals surface area contributed by atoms with Crippen LogP contribution >= 0.6 is 0 Å². The molecule has 0 saturated heterocycles. The van der Waals surface area contributed by atoms with Crippen LogP contribution in [-0.2, 0) is 6.54 Å². The van der Waals surface area contributed by atoms with Gasteiger partial charge in [0.15, 0.2) is 0 Å². The Kier molecular flexibility index (Phi) is 4.53. The van der Waals surface area contributed by atoms with E-state index in [0.717, 1.165) is 6.42 Å². The summed E-state index contributed by atoms with van der Waals surface area (Å²) in [5.41, 5.74) is 2.43. The molecule has 0 aliphatic rings. The van der Waals surface area contributed by atoms with Crippen LogP contribution in [0.4, 0.5) is 5.88 Å². The highest BCUT2D eigenvalue weighted by atomic mass is 16.6. The molecule has 0 aliphatic heterocycles. The summed E-state index contributed by atoms with van der Waals surface area (Å²) < 4.78 is 5.13. The van der Waals surface area contributed by atoms with Crippen LogP contribution in [0, 0.1) is 17.0 Å². The van der Waals surface area contributed by atoms with Crippen molar-refractivity contribution in [2.24, 2.45) is 0 Å². The number of nitrogens with one attached hydrogen (secondary N) is 1. The molecule has 20 heavy (non-hydrogen) atoms. The third-order valence-corrected chi connectivity index (χ3v) is 3.24. The minimum atomic E-state index is -0.527. The van der Waals surface area contributed by atoms with E-state index in [1.54, 1.807) is 6.07 Å². The van der Waals surface area contributed by atoms with E-state index in [2.05, 4.69) is 43.4 Å². The van der Waals surface area contributed by atoms with E-state index in [1.807, 2.05) is 0 Å². The third kappa shape index (κ3) is 3.45. The molecule has 1 N–H and O–H groups in total. The zero-order valence-electron chi connectivity index (χ0n) is 11.6. The van der Waals surface area contributed by atoms with Crippen molar-refractivity contribution in [2.75, 3.05) is 0 Å². The summed E-state index contributed by atoms with van der Waals surface area (Å²) in [6.45, 7) is 4.63. The average Bonchev–Trinajstić information content (AvgIpc) is 2.90. The molecule has 0 aliphatic carbocycles. The second-order valence-electron chi connectivity index (χ2n) is 4.75. The highest BCUT2D eigenvalue weighted by Gasteiger charge is 2.13. The molecule has 106 valence electrons. The van der Waals surface area contributed by atoms with Crippen LogP contribution in [0.5, 0.6) is 0 Å². The van der Waals surface area contributed by atoms with Crippen molar-refractivity contribution < 1.29 is 9.34 Å². The molecule has 5 nitrogen and oxygen atoms in total. The lowest BCUT2D eigenvalue weighted by molar-refractivity contribution is -0.402. The second kappa shape index (κ2) is 6.34. The summed E-state index contributed by atoms with van der Waals surface area (Å²) in [6, 6.07) is 11.6. The van der Waals surface area contributed by atoms with Gasteiger partial charge in [-0.3, -0.25) is 10.1 Å². The van der Waals surface area contributed by atoms with Gasteiger partial charge < -0.3 is 9.73 Å². The van der Waals surface area contributed by atoms with E-state index in [9.17, 15) is 10.1 Å². The smallest absolute Gasteiger partial charge is 0.404 e. The van der Waals surface area contributed by atoms with Crippen LogP contribution in [0.15, 0.2) is 40.8 Å². The fourth-order valence-electron chi connectivity index (χ4n) is 2.08. The zero-order chi connectivity index (χ0) is 14.5. The number of benzene rings is 1. The molecule has 0 fully saturated rings. The first-order valence-electron chi connectivity index (χ1n) is 6.63. The minimum Gasteiger partial charge on any atom is -0.404 e. The Morgan fingerprint density at radius 3 is 2.50 bits per heavy atom. The maximum atomic E-state index is 10.6. The lowest BCUT2D eigenvalue weighted by Crippen LogP contribution is -2.19. The van der Waals surface area contributed by atoms with Gasteiger partial charge in [-0.2, -0.15) is 0 Å². The Morgan fingerprint density at radius 2 is 1.95 bits per heavy atom. The first-order valence-corrected chi connectivity index (χ1v) is 6.63. The first kappa shape index (κ1) is 14.3. The number of nitro groups is 1. The predicted octanol–water partition coefficient (Wildman–Crippen LogP) is 3.74. The number of aryl methyl sites for hydroxylation is 1. The largest absolute Gasteiger partial charge is 0.433 e. The van der Waals surface area contributed by atoms with Gasteiger partial charge in [0.1, 0.15) is 10.7 Å². The number of rotatable bonds is 6. The molecule has 2 rings (SSSR count). The summed E-state index contributed by atoms with van der Waals surface area (Å²) in [5.74, 6) is 0.354. The first-order chi connectivity index (χ1) is 9.60. The molecule has 1 atom stereocenters. The summed E-state index contributed by atoms with van der Waals surface area (Å²) in [4.78, 5) is 10.0. The third-order valence-electron chi connectivity index (χ3n) is 3.24. The molecule has 0 amide bonds. The van der Waals surface area contributed by atoms with Gasteiger partial charge in [0.05, 0.1) is 12.6 Å². The number of nitrogens with zero attached hydrogens (tertiary/aromatic N) is 1. The van der Waals surface area contributed by atoms with Crippen molar-refractivity contribution in [3.8, 4) is 0 Å². The van der Waals surface area contributed by atoms with Crippen molar-refractivity contribution in [1.82, 2.24) is 5.32 Å². The molecule has 0 spiro atoms. The topological polar surface area (TPSA) is 68.3 Å². The van der Waals surface area contributed by atoms with Crippen LogP contribution in [-0.4, -0.2) is 4.92 Å². The van der Waals surface area contributed by atoms with E-state index >= 15 is 0 Å². The van der Waals surface area contributed by atoms with Gasteiger partial charge in [-0.05, 0) is 25.0 Å². The maximum absolute atomic E-state index is 10.6. The molecule has 0 radical (unpaired) electrons. The molecular weight excluding hydrogens is 256 g/mol. The molecular formula is C15H18N2O3. The average molecular weight is 274 g/mol. The van der Waals surface area contributed by atoms with Crippen molar-refractivity contribution in [2.45, 2.75) is 32.9 Å². The quantitative estimate of drug-likeness (QED) is 0.643. The van der Waals surface area contributed by atoms with Gasteiger partial charge in [0.25, 0.3) is 0 Å². The molecule has 0 saturated carbocycles. The van der Waals surface area contributed by atoms with E-state index in [4.69, 9.17) is 4.42 Å². The summed E-state index contributed by atoms with van der Waals surface area (Å²) in [5, 5.41) is 13.9. The predicted molar refractivity (Wildman–Crippen MR) is 76.4 cm³/mol. The van der Waals surface area contributed by atoms with E-state index in [-0.39, 0.29) is 11.9 Å². The molecule has 1 unspecified atom stereocenters. The van der Waals surface area contributed by atoms with Crippen LogP contribution < -0.4 is 5.32 Å². The Morgan fingerprint density at radius 1 is 1.25 bits per heavy atom. The van der Waals surface area contributed by atoms with Gasteiger partial charge >= 0.3 is 5.88 Å². The van der Waals surface area contributed by atoms with Gasteiger partial charge in [0.2, 0.25) is 0 Å². The summed E-state index contributed by atoms with van der Waals surface area (Å²) in [7, 11) is 0. The van der Waals surface area contributed by atoms with Crippen LogP contribution in [0.3, 0.4) is 0 Å². The van der Waals surface area contributed by atoms with Crippen LogP contribution in [0.2, 0.25) is 0 Å². The molecule has 2 aromatic rings. The lowest BCUT2D eigenvalue weighted by atomic mass is 10.0. The molecule has 1 aromatic carbocycles. The monoisotopic (exact) mass is 274 g/mol. The number of hydrogen-bond donors (Lipinski definition) is 1. The number of furan rings is 1. The van der Waals surface area contributed by atoms with Crippen molar-refractivity contribution in [1.29, 1.82) is 0 Å². The van der Waals surface area contributed by atoms with E-state index in [0.29, 0.717) is 12.3 Å². The maximum Gasteiger partial charge on any atom is 0.433 e. The van der Waals surface area contributed by atoms with Crippen LogP contribution in [0.25, 0.3) is 0 Å². The summed E-state index contributed by atoms with van der Waals surface area (Å²) in [6.07, 6.45) is 0.936. The summed E-state index contributed by atoms with van der Waals surface area (Å²) >= 11 is 0. The molecule has 0 bridgehead atoms. The molecule has 1 heterocycles.